The van der Waals surface area contributed by atoms with Crippen molar-refractivity contribution in [3.8, 4) is 0 Å². The molecule has 0 saturated carbocycles. The number of hydrogen-bond acceptors (Lipinski definition) is 3. The first-order valence-electron chi connectivity index (χ1n) is 3.81. The molecule has 1 aromatic rings. The molecule has 0 fully saturated rings. The van der Waals surface area contributed by atoms with Crippen LogP contribution in [0.4, 0.5) is 5.69 Å². The van der Waals surface area contributed by atoms with Crippen LogP contribution < -0.4 is 16.6 Å². The summed E-state index contributed by atoms with van der Waals surface area (Å²) in [5, 5.41) is 2.79. The topological polar surface area (TPSA) is 84.2 Å². The van der Waals surface area contributed by atoms with Crippen LogP contribution in [0.2, 0.25) is 5.02 Å². The van der Waals surface area contributed by atoms with Crippen LogP contribution in [0.25, 0.3) is 0 Å². The molecule has 0 aromatic heterocycles. The average Bonchev–Trinajstić information content (AvgIpc) is 2.22. The van der Waals surface area contributed by atoms with Gasteiger partial charge >= 0.3 is 11.8 Å². The van der Waals surface area contributed by atoms with Gasteiger partial charge in [0.1, 0.15) is 0 Å². The van der Waals surface area contributed by atoms with E-state index in [9.17, 15) is 9.59 Å². The first-order valence-corrected chi connectivity index (χ1v) is 4.98. The predicted octanol–water partition coefficient (Wildman–Crippen LogP) is 1.03. The summed E-state index contributed by atoms with van der Waals surface area (Å²) in [4.78, 5) is 22.0. The zero-order valence-corrected chi connectivity index (χ0v) is 9.72. The lowest BCUT2D eigenvalue weighted by Crippen LogP contribution is -2.39. The van der Waals surface area contributed by atoms with Crippen molar-refractivity contribution in [2.24, 2.45) is 5.84 Å². The van der Waals surface area contributed by atoms with Crippen molar-refractivity contribution in [3.63, 3.8) is 0 Å². The Hall–Kier alpha value is -1.11. The first-order chi connectivity index (χ1) is 7.04. The summed E-state index contributed by atoms with van der Waals surface area (Å²) in [6.45, 7) is 0. The van der Waals surface area contributed by atoms with Crippen LogP contribution in [0, 0.1) is 0 Å². The number of benzene rings is 1. The molecule has 0 radical (unpaired) electrons. The van der Waals surface area contributed by atoms with Crippen LogP contribution >= 0.6 is 27.5 Å². The molecule has 7 heteroatoms. The van der Waals surface area contributed by atoms with E-state index < -0.39 is 11.8 Å². The number of carbonyl (C=O) groups is 2. The van der Waals surface area contributed by atoms with Gasteiger partial charge in [0.25, 0.3) is 0 Å². The molecule has 0 aliphatic heterocycles. The van der Waals surface area contributed by atoms with Crippen LogP contribution in [-0.4, -0.2) is 11.8 Å². The monoisotopic (exact) mass is 291 g/mol. The number of anilines is 1. The van der Waals surface area contributed by atoms with Crippen molar-refractivity contribution in [1.82, 2.24) is 5.43 Å². The van der Waals surface area contributed by atoms with Crippen molar-refractivity contribution in [2.45, 2.75) is 0 Å². The Morgan fingerprint density at radius 2 is 2.00 bits per heavy atom. The summed E-state index contributed by atoms with van der Waals surface area (Å²) in [5.74, 6) is 3.01. The summed E-state index contributed by atoms with van der Waals surface area (Å²) >= 11 is 8.91. The highest BCUT2D eigenvalue weighted by Gasteiger charge is 2.13. The highest BCUT2D eigenvalue weighted by Crippen LogP contribution is 2.25. The van der Waals surface area contributed by atoms with E-state index in [-0.39, 0.29) is 0 Å². The Bertz CT molecular complexity index is 411. The van der Waals surface area contributed by atoms with Crippen LogP contribution in [0.3, 0.4) is 0 Å². The summed E-state index contributed by atoms with van der Waals surface area (Å²) in [6.07, 6.45) is 0. The molecule has 0 unspecified atom stereocenters. The summed E-state index contributed by atoms with van der Waals surface area (Å²) in [6, 6.07) is 4.80. The molecule has 0 aliphatic rings. The molecular formula is C8H7BrClN3O2. The molecular weight excluding hydrogens is 285 g/mol. The third kappa shape index (κ3) is 3.19. The van der Waals surface area contributed by atoms with Gasteiger partial charge in [0.15, 0.2) is 0 Å². The molecule has 80 valence electrons. The van der Waals surface area contributed by atoms with E-state index in [2.05, 4.69) is 21.2 Å². The molecule has 1 aromatic carbocycles. The van der Waals surface area contributed by atoms with E-state index in [0.29, 0.717) is 15.2 Å². The van der Waals surface area contributed by atoms with Crippen LogP contribution in [0.5, 0.6) is 0 Å². The molecule has 0 bridgehead atoms. The molecule has 0 atom stereocenters. The Labute approximate surface area is 99.1 Å². The van der Waals surface area contributed by atoms with Gasteiger partial charge in [0.05, 0.1) is 5.69 Å². The molecule has 2 amide bonds. The van der Waals surface area contributed by atoms with Crippen molar-refractivity contribution in [1.29, 1.82) is 0 Å². The zero-order valence-electron chi connectivity index (χ0n) is 7.38. The lowest BCUT2D eigenvalue weighted by molar-refractivity contribution is -0.136. The normalized spacial score (nSPS) is 9.53. The minimum absolute atomic E-state index is 0.399. The van der Waals surface area contributed by atoms with Crippen molar-refractivity contribution in [2.75, 3.05) is 5.32 Å². The van der Waals surface area contributed by atoms with Gasteiger partial charge < -0.3 is 5.32 Å². The molecule has 5 nitrogen and oxygen atoms in total. The lowest BCUT2D eigenvalue weighted by Gasteiger charge is -2.06. The van der Waals surface area contributed by atoms with Crippen molar-refractivity contribution in [3.05, 3.63) is 27.7 Å². The fraction of sp³-hybridized carbons (Fsp3) is 0. The standard InChI is InChI=1S/C8H7BrClN3O2/c9-5-2-1-4(10)3-6(5)12-7(14)8(15)13-11/h1-3H,11H2,(H,12,14)(H,13,15). The number of nitrogens with one attached hydrogen (secondary N) is 2. The van der Waals surface area contributed by atoms with Gasteiger partial charge in [-0.1, -0.05) is 11.6 Å². The third-order valence-corrected chi connectivity index (χ3v) is 2.44. The highest BCUT2D eigenvalue weighted by atomic mass is 79.9. The number of hydrogen-bond donors (Lipinski definition) is 3. The number of hydrazine groups is 1. The highest BCUT2D eigenvalue weighted by molar-refractivity contribution is 9.10. The van der Waals surface area contributed by atoms with Crippen LogP contribution in [-0.2, 0) is 9.59 Å². The number of rotatable bonds is 1. The summed E-state index contributed by atoms with van der Waals surface area (Å²) in [5.41, 5.74) is 2.12. The van der Waals surface area contributed by atoms with Gasteiger partial charge in [0.2, 0.25) is 0 Å². The van der Waals surface area contributed by atoms with Gasteiger partial charge in [-0.25, -0.2) is 5.84 Å². The Morgan fingerprint density at radius 1 is 1.33 bits per heavy atom. The van der Waals surface area contributed by atoms with Gasteiger partial charge in [-0.05, 0) is 34.1 Å². The molecule has 0 aliphatic carbocycles. The minimum atomic E-state index is -0.929. The SMILES string of the molecule is NNC(=O)C(=O)Nc1cc(Cl)ccc1Br. The molecule has 4 N–H and O–H groups in total. The van der Waals surface area contributed by atoms with Gasteiger partial charge in [-0.3, -0.25) is 15.0 Å². The zero-order chi connectivity index (χ0) is 11.4. The predicted molar refractivity (Wildman–Crippen MR) is 60.1 cm³/mol. The Morgan fingerprint density at radius 3 is 2.60 bits per heavy atom. The number of carbonyl (C=O) groups excluding carboxylic acids is 2. The number of halogens is 2. The van der Waals surface area contributed by atoms with E-state index in [0.717, 1.165) is 0 Å². The Balaban J connectivity index is 2.85. The molecule has 0 saturated heterocycles. The fourth-order valence-corrected chi connectivity index (χ4v) is 1.36. The van der Waals surface area contributed by atoms with E-state index in [4.69, 9.17) is 17.4 Å². The van der Waals surface area contributed by atoms with Gasteiger partial charge in [0, 0.05) is 9.50 Å². The quantitative estimate of drug-likeness (QED) is 0.313. The lowest BCUT2D eigenvalue weighted by atomic mass is 10.3. The minimum Gasteiger partial charge on any atom is -0.317 e. The molecule has 1 rings (SSSR count). The number of nitrogens with two attached hydrogens (primary N) is 1. The van der Waals surface area contributed by atoms with Gasteiger partial charge in [-0.15, -0.1) is 0 Å². The van der Waals surface area contributed by atoms with Crippen LogP contribution in [0.1, 0.15) is 0 Å². The smallest absolute Gasteiger partial charge is 0.317 e. The molecule has 0 spiro atoms. The fourth-order valence-electron chi connectivity index (χ4n) is 0.838. The van der Waals surface area contributed by atoms with Gasteiger partial charge in [-0.2, -0.15) is 0 Å². The summed E-state index contributed by atoms with van der Waals surface area (Å²) < 4.78 is 0.616. The van der Waals surface area contributed by atoms with E-state index in [1.807, 2.05) is 0 Å². The largest absolute Gasteiger partial charge is 0.323 e. The molecule has 15 heavy (non-hydrogen) atoms. The van der Waals surface area contributed by atoms with Crippen LogP contribution in [0.15, 0.2) is 22.7 Å². The molecule has 0 heterocycles. The average molecular weight is 293 g/mol. The number of amides is 2. The second-order valence-corrected chi connectivity index (χ2v) is 3.84. The maximum Gasteiger partial charge on any atom is 0.323 e. The van der Waals surface area contributed by atoms with E-state index in [1.54, 1.807) is 17.6 Å². The van der Waals surface area contributed by atoms with E-state index in [1.165, 1.54) is 6.07 Å². The summed E-state index contributed by atoms with van der Waals surface area (Å²) in [7, 11) is 0. The Kier molecular flexibility index (Phi) is 4.07. The maximum absolute atomic E-state index is 11.1. The second kappa shape index (κ2) is 5.11. The second-order valence-electron chi connectivity index (χ2n) is 2.55. The van der Waals surface area contributed by atoms with Crippen molar-refractivity contribution < 1.29 is 9.59 Å². The third-order valence-electron chi connectivity index (χ3n) is 1.51. The first kappa shape index (κ1) is 12.0. The van der Waals surface area contributed by atoms with Crippen molar-refractivity contribution >= 4 is 45.0 Å². The maximum atomic E-state index is 11.1. The van der Waals surface area contributed by atoms with E-state index >= 15 is 0 Å².